The first kappa shape index (κ1) is 11.1. The van der Waals surface area contributed by atoms with Gasteiger partial charge in [0.05, 0.1) is 0 Å². The molecule has 0 spiro atoms. The molecule has 0 aromatic carbocycles. The van der Waals surface area contributed by atoms with E-state index in [1.54, 1.807) is 12.3 Å². The van der Waals surface area contributed by atoms with E-state index in [9.17, 15) is 4.79 Å². The monoisotopic (exact) mass is 237 g/mol. The molecular weight excluding hydrogens is 226 g/mol. The Labute approximate surface area is 99.1 Å². The number of hydrogen-bond acceptors (Lipinski definition) is 3. The van der Waals surface area contributed by atoms with Crippen molar-refractivity contribution >= 4 is 17.6 Å². The Morgan fingerprint density at radius 3 is 3.00 bits per heavy atom. The van der Waals surface area contributed by atoms with Crippen LogP contribution in [0.5, 0.6) is 0 Å². The Morgan fingerprint density at radius 1 is 1.56 bits per heavy atom. The number of halogens is 1. The van der Waals surface area contributed by atoms with Crippen LogP contribution in [0.3, 0.4) is 0 Å². The molecular formula is C12H12ClNO2. The molecule has 1 unspecified atom stereocenters. The molecule has 1 aromatic heterocycles. The van der Waals surface area contributed by atoms with Crippen LogP contribution in [0, 0.1) is 0 Å². The van der Waals surface area contributed by atoms with Crippen LogP contribution < -0.4 is 0 Å². The lowest BCUT2D eigenvalue weighted by atomic mass is 9.98. The number of aryl methyl sites for hydroxylation is 1. The summed E-state index contributed by atoms with van der Waals surface area (Å²) in [5.41, 5.74) is 0.616. The summed E-state index contributed by atoms with van der Waals surface area (Å²) in [4.78, 5) is 14.9. The largest absolute Gasteiger partial charge is 0.452 e. The summed E-state index contributed by atoms with van der Waals surface area (Å²) in [6.07, 6.45) is 6.50. The number of pyridine rings is 1. The van der Waals surface area contributed by atoms with Gasteiger partial charge in [-0.25, -0.2) is 9.78 Å². The molecule has 4 heteroatoms. The number of cyclic esters (lactones) is 1. The minimum atomic E-state index is -0.479. The predicted octanol–water partition coefficient (Wildman–Crippen LogP) is 2.54. The molecule has 0 radical (unpaired) electrons. The standard InChI is InChI=1S/C12H12ClNO2/c1-12(6-3-11(15)16-12)5-2-9-4-7-14-10(13)8-9/h3-4,6-8H,2,5H2,1H3. The second kappa shape index (κ2) is 4.26. The van der Waals surface area contributed by atoms with Crippen LogP contribution in [-0.4, -0.2) is 16.6 Å². The van der Waals surface area contributed by atoms with E-state index in [-0.39, 0.29) is 5.97 Å². The molecule has 1 aliphatic heterocycles. The Bertz CT molecular complexity index is 444. The van der Waals surface area contributed by atoms with Gasteiger partial charge in [0.25, 0.3) is 0 Å². The first-order valence-electron chi connectivity index (χ1n) is 5.10. The van der Waals surface area contributed by atoms with Gasteiger partial charge >= 0.3 is 5.97 Å². The summed E-state index contributed by atoms with van der Waals surface area (Å²) in [5.74, 6) is -0.268. The molecule has 0 aliphatic carbocycles. The van der Waals surface area contributed by atoms with E-state index in [4.69, 9.17) is 16.3 Å². The third-order valence-corrected chi connectivity index (χ3v) is 2.81. The summed E-state index contributed by atoms with van der Waals surface area (Å²) < 4.78 is 5.20. The molecule has 0 bridgehead atoms. The third-order valence-electron chi connectivity index (χ3n) is 2.61. The maximum Gasteiger partial charge on any atom is 0.331 e. The fraction of sp³-hybridized carbons (Fsp3) is 0.333. The Morgan fingerprint density at radius 2 is 2.38 bits per heavy atom. The van der Waals surface area contributed by atoms with Gasteiger partial charge in [-0.05, 0) is 43.5 Å². The predicted molar refractivity (Wildman–Crippen MR) is 61.2 cm³/mol. The second-order valence-corrected chi connectivity index (χ2v) is 4.44. The van der Waals surface area contributed by atoms with Crippen LogP contribution in [0.2, 0.25) is 5.15 Å². The Kier molecular flexibility index (Phi) is 2.97. The molecule has 2 heterocycles. The lowest BCUT2D eigenvalue weighted by molar-refractivity contribution is -0.144. The molecule has 0 fully saturated rings. The number of ether oxygens (including phenoxy) is 1. The molecule has 3 nitrogen and oxygen atoms in total. The lowest BCUT2D eigenvalue weighted by Crippen LogP contribution is -2.24. The minimum absolute atomic E-state index is 0.268. The highest BCUT2D eigenvalue weighted by Gasteiger charge is 2.29. The average Bonchev–Trinajstić information content (AvgIpc) is 2.57. The molecule has 2 rings (SSSR count). The van der Waals surface area contributed by atoms with Crippen molar-refractivity contribution in [1.82, 2.24) is 4.98 Å². The van der Waals surface area contributed by atoms with E-state index in [1.165, 1.54) is 6.08 Å². The zero-order valence-electron chi connectivity index (χ0n) is 8.94. The summed E-state index contributed by atoms with van der Waals surface area (Å²) in [6, 6.07) is 3.74. The van der Waals surface area contributed by atoms with Crippen molar-refractivity contribution < 1.29 is 9.53 Å². The van der Waals surface area contributed by atoms with E-state index in [0.29, 0.717) is 5.15 Å². The normalized spacial score (nSPS) is 23.5. The second-order valence-electron chi connectivity index (χ2n) is 4.05. The van der Waals surface area contributed by atoms with Gasteiger partial charge in [-0.15, -0.1) is 0 Å². The van der Waals surface area contributed by atoms with Crippen LogP contribution in [0.4, 0.5) is 0 Å². The van der Waals surface area contributed by atoms with Crippen molar-refractivity contribution in [3.8, 4) is 0 Å². The third kappa shape index (κ3) is 2.61. The van der Waals surface area contributed by atoms with Crippen LogP contribution in [-0.2, 0) is 16.0 Å². The fourth-order valence-electron chi connectivity index (χ4n) is 1.67. The molecule has 16 heavy (non-hydrogen) atoms. The molecule has 0 amide bonds. The van der Waals surface area contributed by atoms with Crippen molar-refractivity contribution in [2.45, 2.75) is 25.4 Å². The van der Waals surface area contributed by atoms with Gasteiger partial charge in [-0.1, -0.05) is 11.6 Å². The number of carbonyl (C=O) groups is 1. The van der Waals surface area contributed by atoms with E-state index < -0.39 is 5.60 Å². The molecule has 1 aliphatic rings. The van der Waals surface area contributed by atoms with Crippen molar-refractivity contribution in [1.29, 1.82) is 0 Å². The van der Waals surface area contributed by atoms with Gasteiger partial charge in [-0.3, -0.25) is 0 Å². The molecule has 84 valence electrons. The zero-order valence-corrected chi connectivity index (χ0v) is 9.70. The van der Waals surface area contributed by atoms with Crippen molar-refractivity contribution in [2.75, 3.05) is 0 Å². The average molecular weight is 238 g/mol. The van der Waals surface area contributed by atoms with Crippen LogP contribution in [0.15, 0.2) is 30.5 Å². The van der Waals surface area contributed by atoms with Crippen molar-refractivity contribution in [3.63, 3.8) is 0 Å². The minimum Gasteiger partial charge on any atom is -0.452 e. The number of carbonyl (C=O) groups excluding carboxylic acids is 1. The van der Waals surface area contributed by atoms with Gasteiger partial charge in [0.2, 0.25) is 0 Å². The molecule has 1 aromatic rings. The SMILES string of the molecule is CC1(CCc2ccnc(Cl)c2)C=CC(=O)O1. The number of aromatic nitrogens is 1. The highest BCUT2D eigenvalue weighted by molar-refractivity contribution is 6.29. The molecule has 0 saturated carbocycles. The summed E-state index contributed by atoms with van der Waals surface area (Å²) in [7, 11) is 0. The van der Waals surface area contributed by atoms with Crippen LogP contribution >= 0.6 is 11.6 Å². The summed E-state index contributed by atoms with van der Waals surface area (Å²) >= 11 is 5.79. The van der Waals surface area contributed by atoms with Crippen molar-refractivity contribution in [3.05, 3.63) is 41.2 Å². The zero-order chi connectivity index (χ0) is 11.6. The fourth-order valence-corrected chi connectivity index (χ4v) is 1.86. The molecule has 0 saturated heterocycles. The Hall–Kier alpha value is -1.35. The van der Waals surface area contributed by atoms with Gasteiger partial charge in [0.15, 0.2) is 0 Å². The smallest absolute Gasteiger partial charge is 0.331 e. The highest BCUT2D eigenvalue weighted by atomic mass is 35.5. The van der Waals surface area contributed by atoms with E-state index in [2.05, 4.69) is 4.98 Å². The summed E-state index contributed by atoms with van der Waals surface area (Å²) in [6.45, 7) is 1.90. The number of rotatable bonds is 3. The first-order valence-corrected chi connectivity index (χ1v) is 5.48. The van der Waals surface area contributed by atoms with E-state index >= 15 is 0 Å². The first-order chi connectivity index (χ1) is 7.57. The number of hydrogen-bond donors (Lipinski definition) is 0. The number of nitrogens with zero attached hydrogens (tertiary/aromatic N) is 1. The Balaban J connectivity index is 1.98. The quantitative estimate of drug-likeness (QED) is 0.599. The van der Waals surface area contributed by atoms with Gasteiger partial charge in [0, 0.05) is 12.3 Å². The van der Waals surface area contributed by atoms with Crippen LogP contribution in [0.1, 0.15) is 18.9 Å². The maximum absolute atomic E-state index is 11.0. The number of esters is 1. The maximum atomic E-state index is 11.0. The van der Waals surface area contributed by atoms with Gasteiger partial charge in [0.1, 0.15) is 10.8 Å². The van der Waals surface area contributed by atoms with E-state index in [0.717, 1.165) is 18.4 Å². The van der Waals surface area contributed by atoms with Crippen LogP contribution in [0.25, 0.3) is 0 Å². The van der Waals surface area contributed by atoms with Gasteiger partial charge in [-0.2, -0.15) is 0 Å². The topological polar surface area (TPSA) is 39.2 Å². The lowest BCUT2D eigenvalue weighted by Gasteiger charge is -2.21. The molecule has 1 atom stereocenters. The van der Waals surface area contributed by atoms with Crippen molar-refractivity contribution in [2.24, 2.45) is 0 Å². The highest BCUT2D eigenvalue weighted by Crippen LogP contribution is 2.25. The molecule has 0 N–H and O–H groups in total. The van der Waals surface area contributed by atoms with E-state index in [1.807, 2.05) is 19.1 Å². The summed E-state index contributed by atoms with van der Waals surface area (Å²) in [5, 5.41) is 0.488. The van der Waals surface area contributed by atoms with Gasteiger partial charge < -0.3 is 4.74 Å².